The molecule has 120 valence electrons. The van der Waals surface area contributed by atoms with Gasteiger partial charge in [-0.2, -0.15) is 5.10 Å². The van der Waals surface area contributed by atoms with E-state index in [-0.39, 0.29) is 17.9 Å². The second-order valence-corrected chi connectivity index (χ2v) is 6.57. The minimum absolute atomic E-state index is 0.0875. The van der Waals surface area contributed by atoms with E-state index < -0.39 is 5.91 Å². The standard InChI is InChI=1S/C15H16N4O3S/c1-8-14(9(2)20)23-15(16-8)17-12(21)7-19-13(22)6-5-11(18-19)10-3-4-10/h5-6,10H,3-4,7H2,1-2H3,(H,16,17,21). The van der Waals surface area contributed by atoms with E-state index >= 15 is 0 Å². The van der Waals surface area contributed by atoms with Crippen LogP contribution < -0.4 is 10.9 Å². The molecule has 0 saturated heterocycles. The van der Waals surface area contributed by atoms with Gasteiger partial charge < -0.3 is 5.32 Å². The average Bonchev–Trinajstić information content (AvgIpc) is 3.25. The number of nitrogens with zero attached hydrogens (tertiary/aromatic N) is 3. The summed E-state index contributed by atoms with van der Waals surface area (Å²) in [5.41, 5.74) is 1.12. The minimum Gasteiger partial charge on any atom is -0.300 e. The van der Waals surface area contributed by atoms with Crippen LogP contribution in [-0.2, 0) is 11.3 Å². The Morgan fingerprint density at radius 3 is 2.74 bits per heavy atom. The molecule has 0 radical (unpaired) electrons. The molecule has 1 aliphatic carbocycles. The molecule has 0 unspecified atom stereocenters. The van der Waals surface area contributed by atoms with Crippen LogP contribution in [0, 0.1) is 6.92 Å². The Bertz CT molecular complexity index is 835. The van der Waals surface area contributed by atoms with Crippen molar-refractivity contribution in [1.82, 2.24) is 14.8 Å². The first-order chi connectivity index (χ1) is 10.9. The van der Waals surface area contributed by atoms with Crippen molar-refractivity contribution in [2.45, 2.75) is 39.2 Å². The molecule has 2 heterocycles. The van der Waals surface area contributed by atoms with Crippen LogP contribution in [0.5, 0.6) is 0 Å². The van der Waals surface area contributed by atoms with Gasteiger partial charge >= 0.3 is 0 Å². The number of thiazole rings is 1. The Labute approximate surface area is 136 Å². The molecule has 1 N–H and O–H groups in total. The number of hydrogen-bond acceptors (Lipinski definition) is 6. The van der Waals surface area contributed by atoms with Crippen LogP contribution >= 0.6 is 11.3 Å². The summed E-state index contributed by atoms with van der Waals surface area (Å²) in [5.74, 6) is -0.0726. The summed E-state index contributed by atoms with van der Waals surface area (Å²) in [5, 5.41) is 7.20. The summed E-state index contributed by atoms with van der Waals surface area (Å²) in [6.45, 7) is 3.00. The number of rotatable bonds is 5. The van der Waals surface area contributed by atoms with Crippen LogP contribution in [0.15, 0.2) is 16.9 Å². The molecule has 2 aromatic rings. The van der Waals surface area contributed by atoms with Gasteiger partial charge in [0, 0.05) is 18.9 Å². The normalized spacial score (nSPS) is 13.8. The molecular formula is C15H16N4O3S. The van der Waals surface area contributed by atoms with Gasteiger partial charge in [0.1, 0.15) is 6.54 Å². The quantitative estimate of drug-likeness (QED) is 0.842. The van der Waals surface area contributed by atoms with Crippen molar-refractivity contribution in [1.29, 1.82) is 0 Å². The second-order valence-electron chi connectivity index (χ2n) is 5.57. The fourth-order valence-electron chi connectivity index (χ4n) is 2.25. The van der Waals surface area contributed by atoms with Crippen molar-refractivity contribution >= 4 is 28.2 Å². The maximum atomic E-state index is 12.1. The summed E-state index contributed by atoms with van der Waals surface area (Å²) in [4.78, 5) is 40.0. The highest BCUT2D eigenvalue weighted by Gasteiger charge is 2.25. The van der Waals surface area contributed by atoms with Crippen LogP contribution in [0.1, 0.15) is 46.7 Å². The van der Waals surface area contributed by atoms with Crippen molar-refractivity contribution in [3.8, 4) is 0 Å². The van der Waals surface area contributed by atoms with Gasteiger partial charge in [-0.3, -0.25) is 14.4 Å². The lowest BCUT2D eigenvalue weighted by Gasteiger charge is -2.06. The third-order valence-corrected chi connectivity index (χ3v) is 4.71. The van der Waals surface area contributed by atoms with Gasteiger partial charge in [-0.05, 0) is 25.8 Å². The lowest BCUT2D eigenvalue weighted by atomic mass is 10.3. The van der Waals surface area contributed by atoms with Crippen molar-refractivity contribution in [2.24, 2.45) is 0 Å². The van der Waals surface area contributed by atoms with Gasteiger partial charge in [0.2, 0.25) is 5.91 Å². The highest BCUT2D eigenvalue weighted by atomic mass is 32.1. The number of carbonyl (C=O) groups excluding carboxylic acids is 2. The van der Waals surface area contributed by atoms with Gasteiger partial charge in [0.25, 0.3) is 5.56 Å². The minimum atomic E-state index is -0.392. The van der Waals surface area contributed by atoms with Crippen LogP contribution in [0.4, 0.5) is 5.13 Å². The summed E-state index contributed by atoms with van der Waals surface area (Å²) < 4.78 is 1.16. The van der Waals surface area contributed by atoms with E-state index in [1.807, 2.05) is 0 Å². The second kappa shape index (κ2) is 6.04. The van der Waals surface area contributed by atoms with Gasteiger partial charge in [0.05, 0.1) is 16.3 Å². The van der Waals surface area contributed by atoms with Crippen LogP contribution in [0.25, 0.3) is 0 Å². The molecular weight excluding hydrogens is 316 g/mol. The predicted molar refractivity (Wildman–Crippen MR) is 86.0 cm³/mol. The number of carbonyl (C=O) groups is 2. The third-order valence-electron chi connectivity index (χ3n) is 3.54. The lowest BCUT2D eigenvalue weighted by Crippen LogP contribution is -2.29. The molecule has 1 fully saturated rings. The molecule has 0 aliphatic heterocycles. The SMILES string of the molecule is CC(=O)c1sc(NC(=O)Cn2nc(C3CC3)ccc2=O)nc1C. The van der Waals surface area contributed by atoms with Crippen molar-refractivity contribution in [3.63, 3.8) is 0 Å². The molecule has 23 heavy (non-hydrogen) atoms. The van der Waals surface area contributed by atoms with Crippen LogP contribution in [0.3, 0.4) is 0 Å². The van der Waals surface area contributed by atoms with Gasteiger partial charge in [-0.15, -0.1) is 0 Å². The van der Waals surface area contributed by atoms with E-state index in [9.17, 15) is 14.4 Å². The molecule has 0 atom stereocenters. The van der Waals surface area contributed by atoms with E-state index in [4.69, 9.17) is 0 Å². The van der Waals surface area contributed by atoms with E-state index in [1.54, 1.807) is 13.0 Å². The monoisotopic (exact) mass is 332 g/mol. The molecule has 1 saturated carbocycles. The third kappa shape index (κ3) is 3.53. The van der Waals surface area contributed by atoms with Gasteiger partial charge in [-0.1, -0.05) is 11.3 Å². The zero-order chi connectivity index (χ0) is 16.6. The Morgan fingerprint density at radius 1 is 1.39 bits per heavy atom. The van der Waals surface area contributed by atoms with Crippen molar-refractivity contribution in [2.75, 3.05) is 5.32 Å². The maximum Gasteiger partial charge on any atom is 0.267 e. The first-order valence-corrected chi connectivity index (χ1v) is 8.12. The Hall–Kier alpha value is -2.35. The fraction of sp³-hybridized carbons (Fsp3) is 0.400. The fourth-order valence-corrected chi connectivity index (χ4v) is 3.12. The first kappa shape index (κ1) is 15.5. The van der Waals surface area contributed by atoms with E-state index in [1.165, 1.54) is 13.0 Å². The number of anilines is 1. The smallest absolute Gasteiger partial charge is 0.267 e. The molecule has 3 rings (SSSR count). The molecule has 1 amide bonds. The molecule has 0 aromatic carbocycles. The average molecular weight is 332 g/mol. The largest absolute Gasteiger partial charge is 0.300 e. The molecule has 2 aromatic heterocycles. The summed E-state index contributed by atoms with van der Waals surface area (Å²) in [6.07, 6.45) is 2.15. The van der Waals surface area contributed by atoms with Gasteiger partial charge in [-0.25, -0.2) is 9.67 Å². The lowest BCUT2D eigenvalue weighted by molar-refractivity contribution is -0.117. The van der Waals surface area contributed by atoms with Crippen LogP contribution in [-0.4, -0.2) is 26.5 Å². The number of Topliss-reactive ketones (excluding diaryl/α,β-unsaturated/α-hetero) is 1. The Balaban J connectivity index is 1.72. The van der Waals surface area contributed by atoms with E-state index in [2.05, 4.69) is 15.4 Å². The molecule has 0 bridgehead atoms. The summed E-state index contributed by atoms with van der Waals surface area (Å²) in [6, 6.07) is 3.16. The topological polar surface area (TPSA) is 94.0 Å². The number of aryl methyl sites for hydroxylation is 1. The number of amides is 1. The maximum absolute atomic E-state index is 12.1. The molecule has 8 heteroatoms. The highest BCUT2D eigenvalue weighted by molar-refractivity contribution is 7.17. The van der Waals surface area contributed by atoms with Gasteiger partial charge in [0.15, 0.2) is 10.9 Å². The highest BCUT2D eigenvalue weighted by Crippen LogP contribution is 2.38. The predicted octanol–water partition coefficient (Wildman–Crippen LogP) is 1.73. The number of hydrogen-bond donors (Lipinski definition) is 1. The van der Waals surface area contributed by atoms with Crippen molar-refractivity contribution in [3.05, 3.63) is 38.8 Å². The van der Waals surface area contributed by atoms with Crippen LogP contribution in [0.2, 0.25) is 0 Å². The molecule has 0 spiro atoms. The van der Waals surface area contributed by atoms with E-state index in [0.717, 1.165) is 34.6 Å². The summed E-state index contributed by atoms with van der Waals surface area (Å²) in [7, 11) is 0. The zero-order valence-corrected chi connectivity index (χ0v) is 13.6. The van der Waals surface area contributed by atoms with Crippen molar-refractivity contribution < 1.29 is 9.59 Å². The molecule has 7 nitrogen and oxygen atoms in total. The number of nitrogens with one attached hydrogen (secondary N) is 1. The summed E-state index contributed by atoms with van der Waals surface area (Å²) >= 11 is 1.13. The molecule has 1 aliphatic rings. The Kier molecular flexibility index (Phi) is 4.08. The Morgan fingerprint density at radius 2 is 2.13 bits per heavy atom. The number of aromatic nitrogens is 3. The zero-order valence-electron chi connectivity index (χ0n) is 12.8. The van der Waals surface area contributed by atoms with E-state index in [0.29, 0.717) is 21.6 Å². The first-order valence-electron chi connectivity index (χ1n) is 7.30. The number of ketones is 1.